The fourth-order valence-corrected chi connectivity index (χ4v) is 2.46. The summed E-state index contributed by atoms with van der Waals surface area (Å²) in [6.07, 6.45) is 4.66. The average Bonchev–Trinajstić information content (AvgIpc) is 2.97. The molecule has 0 aliphatic heterocycles. The van der Waals surface area contributed by atoms with Crippen molar-refractivity contribution in [3.05, 3.63) is 71.7 Å². The monoisotopic (exact) mass is 308 g/mol. The number of aromatic nitrogens is 2. The molecule has 23 heavy (non-hydrogen) atoms. The predicted octanol–water partition coefficient (Wildman–Crippen LogP) is 2.68. The molecule has 0 unspecified atom stereocenters. The molecule has 3 aromatic rings. The van der Waals surface area contributed by atoms with Gasteiger partial charge in [-0.1, -0.05) is 30.3 Å². The van der Waals surface area contributed by atoms with E-state index < -0.39 is 0 Å². The van der Waals surface area contributed by atoms with E-state index in [0.29, 0.717) is 19.5 Å². The number of amides is 2. The first-order valence-corrected chi connectivity index (χ1v) is 7.71. The van der Waals surface area contributed by atoms with Crippen LogP contribution in [0.1, 0.15) is 16.8 Å². The molecule has 0 saturated carbocycles. The summed E-state index contributed by atoms with van der Waals surface area (Å²) in [5, 5.41) is 5.74. The number of pyridine rings is 1. The molecular weight excluding hydrogens is 288 g/mol. The van der Waals surface area contributed by atoms with Gasteiger partial charge < -0.3 is 15.0 Å². The number of imidazole rings is 1. The number of fused-ring (bicyclic) bond motifs is 1. The summed E-state index contributed by atoms with van der Waals surface area (Å²) in [6, 6.07) is 13.8. The fraction of sp³-hybridized carbons (Fsp3) is 0.222. The number of nitrogens with zero attached hydrogens (tertiary/aromatic N) is 2. The molecule has 0 aliphatic carbocycles. The molecule has 0 saturated heterocycles. The smallest absolute Gasteiger partial charge is 0.315 e. The van der Waals surface area contributed by atoms with Gasteiger partial charge in [-0.15, -0.1) is 0 Å². The maximum absolute atomic E-state index is 11.8. The maximum atomic E-state index is 11.8. The number of nitrogens with one attached hydrogen (secondary N) is 2. The summed E-state index contributed by atoms with van der Waals surface area (Å²) in [5.74, 6) is 0. The Balaban J connectivity index is 1.45. The quantitative estimate of drug-likeness (QED) is 0.761. The molecule has 5 heteroatoms. The lowest BCUT2D eigenvalue weighted by molar-refractivity contribution is 0.240. The highest BCUT2D eigenvalue weighted by Crippen LogP contribution is 2.06. The first kappa shape index (κ1) is 15.1. The van der Waals surface area contributed by atoms with Gasteiger partial charge in [0, 0.05) is 31.9 Å². The minimum atomic E-state index is -0.156. The van der Waals surface area contributed by atoms with E-state index in [0.717, 1.165) is 16.9 Å². The highest BCUT2D eigenvalue weighted by Gasteiger charge is 2.04. The molecule has 118 valence electrons. The van der Waals surface area contributed by atoms with Gasteiger partial charge in [-0.05, 0) is 30.2 Å². The normalized spacial score (nSPS) is 10.7. The molecule has 0 atom stereocenters. The lowest BCUT2D eigenvalue weighted by Gasteiger charge is -2.08. The van der Waals surface area contributed by atoms with Crippen molar-refractivity contribution in [2.24, 2.45) is 0 Å². The van der Waals surface area contributed by atoms with E-state index in [-0.39, 0.29) is 6.03 Å². The minimum absolute atomic E-state index is 0.156. The molecule has 2 amide bonds. The lowest BCUT2D eigenvalue weighted by atomic mass is 10.1. The van der Waals surface area contributed by atoms with Crippen molar-refractivity contribution >= 4 is 11.7 Å². The van der Waals surface area contributed by atoms with Crippen LogP contribution in [0, 0.1) is 6.92 Å². The number of rotatable bonds is 5. The number of benzene rings is 1. The molecule has 0 radical (unpaired) electrons. The zero-order chi connectivity index (χ0) is 16.1. The largest absolute Gasteiger partial charge is 0.338 e. The van der Waals surface area contributed by atoms with Gasteiger partial charge in [-0.2, -0.15) is 0 Å². The van der Waals surface area contributed by atoms with Gasteiger partial charge in [0.1, 0.15) is 5.65 Å². The molecule has 0 aliphatic rings. The zero-order valence-corrected chi connectivity index (χ0v) is 13.1. The molecule has 2 N–H and O–H groups in total. The lowest BCUT2D eigenvalue weighted by Crippen LogP contribution is -2.36. The molecule has 1 aromatic carbocycles. The van der Waals surface area contributed by atoms with Gasteiger partial charge >= 0.3 is 6.03 Å². The molecule has 3 rings (SSSR count). The van der Waals surface area contributed by atoms with Crippen LogP contribution >= 0.6 is 0 Å². The van der Waals surface area contributed by atoms with Crippen molar-refractivity contribution in [3.63, 3.8) is 0 Å². The summed E-state index contributed by atoms with van der Waals surface area (Å²) in [4.78, 5) is 16.3. The Morgan fingerprint density at radius 2 is 1.96 bits per heavy atom. The molecule has 0 spiro atoms. The van der Waals surface area contributed by atoms with E-state index in [2.05, 4.69) is 15.6 Å². The van der Waals surface area contributed by atoms with Gasteiger partial charge in [0.2, 0.25) is 0 Å². The number of aryl methyl sites for hydroxylation is 1. The molecular formula is C18H20N4O. The van der Waals surface area contributed by atoms with Crippen molar-refractivity contribution in [1.29, 1.82) is 0 Å². The summed E-state index contributed by atoms with van der Waals surface area (Å²) < 4.78 is 1.98. The standard InChI is InChI=1S/C18H20N4O/c1-14-6-2-3-7-15(14)12-20-18(23)19-10-9-16-13-22-11-5-4-8-17(22)21-16/h2-8,11,13H,9-10,12H2,1H3,(H2,19,20,23). The first-order chi connectivity index (χ1) is 11.2. The van der Waals surface area contributed by atoms with Gasteiger partial charge in [0.15, 0.2) is 0 Å². The number of urea groups is 1. The summed E-state index contributed by atoms with van der Waals surface area (Å²) in [6.45, 7) is 3.13. The highest BCUT2D eigenvalue weighted by molar-refractivity contribution is 5.73. The third-order valence-corrected chi connectivity index (χ3v) is 3.78. The van der Waals surface area contributed by atoms with Crippen molar-refractivity contribution < 1.29 is 4.79 Å². The Morgan fingerprint density at radius 3 is 2.78 bits per heavy atom. The Hall–Kier alpha value is -2.82. The van der Waals surface area contributed by atoms with Crippen LogP contribution in [0.15, 0.2) is 54.9 Å². The van der Waals surface area contributed by atoms with Gasteiger partial charge in [-0.3, -0.25) is 0 Å². The molecule has 2 heterocycles. The van der Waals surface area contributed by atoms with Crippen LogP contribution in [0.5, 0.6) is 0 Å². The van der Waals surface area contributed by atoms with Crippen LogP contribution in [0.2, 0.25) is 0 Å². The Morgan fingerprint density at radius 1 is 1.13 bits per heavy atom. The van der Waals surface area contributed by atoms with E-state index in [1.807, 2.05) is 66.2 Å². The average molecular weight is 308 g/mol. The van der Waals surface area contributed by atoms with Crippen LogP contribution in [-0.2, 0) is 13.0 Å². The van der Waals surface area contributed by atoms with Gasteiger partial charge in [0.25, 0.3) is 0 Å². The molecule has 2 aromatic heterocycles. The van der Waals surface area contributed by atoms with Crippen LogP contribution in [-0.4, -0.2) is 22.0 Å². The van der Waals surface area contributed by atoms with Crippen molar-refractivity contribution in [3.8, 4) is 0 Å². The molecule has 0 bridgehead atoms. The second-order valence-corrected chi connectivity index (χ2v) is 5.48. The summed E-state index contributed by atoms with van der Waals surface area (Å²) in [7, 11) is 0. The van der Waals surface area contributed by atoms with Crippen LogP contribution in [0.3, 0.4) is 0 Å². The van der Waals surface area contributed by atoms with E-state index in [1.165, 1.54) is 5.56 Å². The van der Waals surface area contributed by atoms with Gasteiger partial charge in [-0.25, -0.2) is 9.78 Å². The number of hydrogen-bond acceptors (Lipinski definition) is 2. The Bertz CT molecular complexity index is 776. The van der Waals surface area contributed by atoms with E-state index in [9.17, 15) is 4.79 Å². The topological polar surface area (TPSA) is 58.4 Å². The van der Waals surface area contributed by atoms with E-state index >= 15 is 0 Å². The van der Waals surface area contributed by atoms with Crippen molar-refractivity contribution in [2.45, 2.75) is 19.9 Å². The summed E-state index contributed by atoms with van der Waals surface area (Å²) in [5.41, 5.74) is 4.20. The van der Waals surface area contributed by atoms with Gasteiger partial charge in [0.05, 0.1) is 5.69 Å². The highest BCUT2D eigenvalue weighted by atomic mass is 16.2. The second-order valence-electron chi connectivity index (χ2n) is 5.48. The Kier molecular flexibility index (Phi) is 4.57. The van der Waals surface area contributed by atoms with Crippen molar-refractivity contribution in [1.82, 2.24) is 20.0 Å². The van der Waals surface area contributed by atoms with Crippen LogP contribution in [0.25, 0.3) is 5.65 Å². The number of carbonyl (C=O) groups is 1. The summed E-state index contributed by atoms with van der Waals surface area (Å²) >= 11 is 0. The SMILES string of the molecule is Cc1ccccc1CNC(=O)NCCc1cn2ccccc2n1. The minimum Gasteiger partial charge on any atom is -0.338 e. The number of carbonyl (C=O) groups excluding carboxylic acids is 1. The fourth-order valence-electron chi connectivity index (χ4n) is 2.46. The third-order valence-electron chi connectivity index (χ3n) is 3.78. The predicted molar refractivity (Wildman–Crippen MR) is 90.3 cm³/mol. The third kappa shape index (κ3) is 3.88. The first-order valence-electron chi connectivity index (χ1n) is 7.71. The van der Waals surface area contributed by atoms with Crippen LogP contribution < -0.4 is 10.6 Å². The van der Waals surface area contributed by atoms with E-state index in [1.54, 1.807) is 0 Å². The van der Waals surface area contributed by atoms with Crippen LogP contribution in [0.4, 0.5) is 4.79 Å². The molecule has 5 nitrogen and oxygen atoms in total. The van der Waals surface area contributed by atoms with Crippen molar-refractivity contribution in [2.75, 3.05) is 6.54 Å². The van der Waals surface area contributed by atoms with E-state index in [4.69, 9.17) is 0 Å². The second kappa shape index (κ2) is 6.96. The maximum Gasteiger partial charge on any atom is 0.315 e. The molecule has 0 fully saturated rings. The number of hydrogen-bond donors (Lipinski definition) is 2. The zero-order valence-electron chi connectivity index (χ0n) is 13.1. The Labute approximate surface area is 135 Å².